The third kappa shape index (κ3) is 2.55. The van der Waals surface area contributed by atoms with Crippen LogP contribution in [0.4, 0.5) is 0 Å². The van der Waals surface area contributed by atoms with E-state index in [2.05, 4.69) is 5.32 Å². The number of hydrogen-bond donors (Lipinski definition) is 1. The zero-order chi connectivity index (χ0) is 14.9. The highest BCUT2D eigenvalue weighted by Crippen LogP contribution is 2.36. The van der Waals surface area contributed by atoms with Crippen LogP contribution in [0.5, 0.6) is 0 Å². The largest absolute Gasteiger partial charge is 0.354 e. The number of benzene rings is 1. The van der Waals surface area contributed by atoms with Crippen molar-refractivity contribution < 1.29 is 9.59 Å². The van der Waals surface area contributed by atoms with Crippen LogP contribution in [0, 0.1) is 6.92 Å². The highest BCUT2D eigenvalue weighted by atomic mass is 16.2. The molecule has 2 saturated heterocycles. The third-order valence-corrected chi connectivity index (χ3v) is 4.70. The molecule has 0 aromatic heterocycles. The quantitative estimate of drug-likeness (QED) is 0.901. The Balaban J connectivity index is 1.78. The van der Waals surface area contributed by atoms with Gasteiger partial charge in [0.15, 0.2) is 0 Å². The molecule has 1 aromatic carbocycles. The zero-order valence-corrected chi connectivity index (χ0v) is 12.5. The van der Waals surface area contributed by atoms with Crippen LogP contribution < -0.4 is 5.32 Å². The number of aryl methyl sites for hydroxylation is 1. The lowest BCUT2D eigenvalue weighted by molar-refractivity contribution is -0.146. The molecule has 21 heavy (non-hydrogen) atoms. The average molecular weight is 286 g/mol. The van der Waals surface area contributed by atoms with Crippen LogP contribution in [0.25, 0.3) is 0 Å². The fourth-order valence-corrected chi connectivity index (χ4v) is 3.69. The fourth-order valence-electron chi connectivity index (χ4n) is 3.69. The average Bonchev–Trinajstić information content (AvgIpc) is 2.87. The van der Waals surface area contributed by atoms with Gasteiger partial charge in [0.05, 0.1) is 6.42 Å². The summed E-state index contributed by atoms with van der Waals surface area (Å²) >= 11 is 0. The molecule has 2 aliphatic rings. The third-order valence-electron chi connectivity index (χ3n) is 4.70. The summed E-state index contributed by atoms with van der Waals surface area (Å²) in [6.07, 6.45) is 3.88. The Morgan fingerprint density at radius 3 is 2.90 bits per heavy atom. The number of amides is 2. The van der Waals surface area contributed by atoms with Gasteiger partial charge in [0.2, 0.25) is 11.8 Å². The SMILES string of the molecule is Cc1cccc(CC(=O)N2CCCC23CCCNC3=O)c1. The minimum Gasteiger partial charge on any atom is -0.354 e. The number of carbonyl (C=O) groups is 2. The second-order valence-corrected chi connectivity index (χ2v) is 6.21. The van der Waals surface area contributed by atoms with E-state index >= 15 is 0 Å². The van der Waals surface area contributed by atoms with Crippen molar-refractivity contribution >= 4 is 11.8 Å². The minimum atomic E-state index is -0.570. The maximum Gasteiger partial charge on any atom is 0.245 e. The zero-order valence-electron chi connectivity index (χ0n) is 12.5. The van der Waals surface area contributed by atoms with Crippen molar-refractivity contribution in [3.63, 3.8) is 0 Å². The van der Waals surface area contributed by atoms with E-state index in [-0.39, 0.29) is 11.8 Å². The lowest BCUT2D eigenvalue weighted by Gasteiger charge is -2.40. The summed E-state index contributed by atoms with van der Waals surface area (Å²) in [4.78, 5) is 26.9. The number of carbonyl (C=O) groups excluding carboxylic acids is 2. The van der Waals surface area contributed by atoms with E-state index in [0.29, 0.717) is 13.0 Å². The molecule has 3 rings (SSSR count). The molecule has 0 saturated carbocycles. The summed E-state index contributed by atoms with van der Waals surface area (Å²) in [7, 11) is 0. The van der Waals surface area contributed by atoms with Crippen molar-refractivity contribution in [3.05, 3.63) is 35.4 Å². The first-order valence-electron chi connectivity index (χ1n) is 7.76. The predicted molar refractivity (Wildman–Crippen MR) is 80.8 cm³/mol. The molecule has 0 aliphatic carbocycles. The van der Waals surface area contributed by atoms with Crippen LogP contribution in [0.3, 0.4) is 0 Å². The van der Waals surface area contributed by atoms with Gasteiger partial charge in [-0.2, -0.15) is 0 Å². The summed E-state index contributed by atoms with van der Waals surface area (Å²) in [5, 5.41) is 2.94. The number of piperidine rings is 1. The highest BCUT2D eigenvalue weighted by Gasteiger charge is 2.50. The van der Waals surface area contributed by atoms with Crippen molar-refractivity contribution in [1.29, 1.82) is 0 Å². The van der Waals surface area contributed by atoms with Gasteiger partial charge in [-0.1, -0.05) is 29.8 Å². The standard InChI is InChI=1S/C17H22N2O2/c1-13-5-2-6-14(11-13)12-15(20)19-10-4-8-17(19)7-3-9-18-16(17)21/h2,5-6,11H,3-4,7-10,12H2,1H3,(H,18,21). The van der Waals surface area contributed by atoms with Crippen LogP contribution >= 0.6 is 0 Å². The van der Waals surface area contributed by atoms with Crippen LogP contribution in [0.1, 0.15) is 36.8 Å². The Kier molecular flexibility index (Phi) is 3.70. The second-order valence-electron chi connectivity index (χ2n) is 6.21. The molecule has 4 heteroatoms. The summed E-state index contributed by atoms with van der Waals surface area (Å²) < 4.78 is 0. The monoisotopic (exact) mass is 286 g/mol. The maximum absolute atomic E-state index is 12.7. The van der Waals surface area contributed by atoms with Gasteiger partial charge in [0.25, 0.3) is 0 Å². The Bertz CT molecular complexity index is 570. The number of rotatable bonds is 2. The highest BCUT2D eigenvalue weighted by molar-refractivity contribution is 5.93. The van der Waals surface area contributed by atoms with E-state index in [0.717, 1.165) is 43.4 Å². The molecule has 4 nitrogen and oxygen atoms in total. The number of hydrogen-bond acceptors (Lipinski definition) is 2. The smallest absolute Gasteiger partial charge is 0.245 e. The lowest BCUT2D eigenvalue weighted by Crippen LogP contribution is -2.60. The first kappa shape index (κ1) is 14.1. The topological polar surface area (TPSA) is 49.4 Å². The first-order valence-corrected chi connectivity index (χ1v) is 7.76. The maximum atomic E-state index is 12.7. The molecule has 1 N–H and O–H groups in total. The summed E-state index contributed by atoms with van der Waals surface area (Å²) in [6.45, 7) is 3.47. The van der Waals surface area contributed by atoms with Gasteiger partial charge in [-0.25, -0.2) is 0 Å². The molecule has 0 radical (unpaired) electrons. The molecule has 1 aromatic rings. The lowest BCUT2D eigenvalue weighted by atomic mass is 9.86. The molecule has 1 unspecified atom stereocenters. The Morgan fingerprint density at radius 2 is 2.14 bits per heavy atom. The van der Waals surface area contributed by atoms with E-state index < -0.39 is 5.54 Å². The molecular weight excluding hydrogens is 264 g/mol. The van der Waals surface area contributed by atoms with E-state index in [1.165, 1.54) is 0 Å². The molecule has 2 amide bonds. The molecule has 112 valence electrons. The van der Waals surface area contributed by atoms with Crippen LogP contribution in [0.2, 0.25) is 0 Å². The molecule has 0 bridgehead atoms. The van der Waals surface area contributed by atoms with Crippen molar-refractivity contribution in [1.82, 2.24) is 10.2 Å². The van der Waals surface area contributed by atoms with Crippen molar-refractivity contribution in [2.75, 3.05) is 13.1 Å². The predicted octanol–water partition coefficient (Wildman–Crippen LogP) is 1.81. The number of likely N-dealkylation sites (tertiary alicyclic amines) is 1. The van der Waals surface area contributed by atoms with Crippen LogP contribution in [-0.4, -0.2) is 35.3 Å². The van der Waals surface area contributed by atoms with Crippen molar-refractivity contribution in [2.24, 2.45) is 0 Å². The fraction of sp³-hybridized carbons (Fsp3) is 0.529. The Morgan fingerprint density at radius 1 is 1.33 bits per heavy atom. The van der Waals surface area contributed by atoms with E-state index in [9.17, 15) is 9.59 Å². The molecule has 1 spiro atoms. The van der Waals surface area contributed by atoms with Gasteiger partial charge < -0.3 is 10.2 Å². The molecule has 1 atom stereocenters. The van der Waals surface area contributed by atoms with Gasteiger partial charge in [0, 0.05) is 13.1 Å². The minimum absolute atomic E-state index is 0.0452. The second kappa shape index (κ2) is 5.51. The van der Waals surface area contributed by atoms with Gasteiger partial charge >= 0.3 is 0 Å². The molecule has 2 fully saturated rings. The molecular formula is C17H22N2O2. The van der Waals surface area contributed by atoms with Gasteiger partial charge in [-0.15, -0.1) is 0 Å². The van der Waals surface area contributed by atoms with E-state index in [4.69, 9.17) is 0 Å². The Labute approximate surface area is 125 Å². The van der Waals surface area contributed by atoms with Crippen molar-refractivity contribution in [3.8, 4) is 0 Å². The number of nitrogens with zero attached hydrogens (tertiary/aromatic N) is 1. The summed E-state index contributed by atoms with van der Waals surface area (Å²) in [5.41, 5.74) is 1.62. The van der Waals surface area contributed by atoms with E-state index in [1.54, 1.807) is 0 Å². The first-order chi connectivity index (χ1) is 10.1. The van der Waals surface area contributed by atoms with Crippen LogP contribution in [-0.2, 0) is 16.0 Å². The molecule has 2 aliphatic heterocycles. The van der Waals surface area contributed by atoms with Gasteiger partial charge in [0.1, 0.15) is 5.54 Å². The normalized spacial score (nSPS) is 25.2. The summed E-state index contributed by atoms with van der Waals surface area (Å²) in [5.74, 6) is 0.124. The van der Waals surface area contributed by atoms with Crippen molar-refractivity contribution in [2.45, 2.75) is 44.6 Å². The van der Waals surface area contributed by atoms with Gasteiger partial charge in [-0.05, 0) is 38.2 Å². The molecule has 2 heterocycles. The summed E-state index contributed by atoms with van der Waals surface area (Å²) in [6, 6.07) is 8.03. The van der Waals surface area contributed by atoms with Gasteiger partial charge in [-0.3, -0.25) is 9.59 Å². The van der Waals surface area contributed by atoms with Crippen LogP contribution in [0.15, 0.2) is 24.3 Å². The van der Waals surface area contributed by atoms with E-state index in [1.807, 2.05) is 36.1 Å². The Hall–Kier alpha value is -1.84. The number of nitrogens with one attached hydrogen (secondary N) is 1.